The molecule has 4 nitrogen and oxygen atoms in total. The summed E-state index contributed by atoms with van der Waals surface area (Å²) < 4.78 is 19.2. The highest BCUT2D eigenvalue weighted by Gasteiger charge is 2.42. The summed E-state index contributed by atoms with van der Waals surface area (Å²) in [6.07, 6.45) is 6.18. The molecule has 0 atom stereocenters. The molecule has 1 saturated carbocycles. The Hall–Kier alpha value is -2.40. The standard InChI is InChI=1S/C24H29FN2O2/c25-20-7-5-19(6-8-20)24(13-1-2-14-24)23(28)26-21-9-11-22(12-10-21)29-18-17-27-15-3-4-16-27/h5-12H,1-4,13-18H2,(H,26,28). The molecule has 0 radical (unpaired) electrons. The van der Waals surface area contributed by atoms with E-state index >= 15 is 0 Å². The topological polar surface area (TPSA) is 41.6 Å². The van der Waals surface area contributed by atoms with Crippen molar-refractivity contribution in [3.05, 3.63) is 59.9 Å². The third-order valence-corrected chi connectivity index (χ3v) is 6.28. The van der Waals surface area contributed by atoms with Gasteiger partial charge >= 0.3 is 0 Å². The number of benzene rings is 2. The highest BCUT2D eigenvalue weighted by molar-refractivity contribution is 5.99. The second-order valence-corrected chi connectivity index (χ2v) is 8.17. The summed E-state index contributed by atoms with van der Waals surface area (Å²) in [6, 6.07) is 14.0. The van der Waals surface area contributed by atoms with Crippen LogP contribution in [0.2, 0.25) is 0 Å². The second-order valence-electron chi connectivity index (χ2n) is 8.17. The smallest absolute Gasteiger partial charge is 0.235 e. The van der Waals surface area contributed by atoms with E-state index in [1.807, 2.05) is 24.3 Å². The first kappa shape index (κ1) is 19.9. The van der Waals surface area contributed by atoms with E-state index in [9.17, 15) is 9.18 Å². The van der Waals surface area contributed by atoms with Gasteiger partial charge in [-0.25, -0.2) is 4.39 Å². The van der Waals surface area contributed by atoms with Gasteiger partial charge in [0.1, 0.15) is 18.2 Å². The molecule has 0 aromatic heterocycles. The lowest BCUT2D eigenvalue weighted by Gasteiger charge is -2.28. The van der Waals surface area contributed by atoms with E-state index in [2.05, 4.69) is 10.2 Å². The van der Waals surface area contributed by atoms with Crippen LogP contribution in [0.15, 0.2) is 48.5 Å². The summed E-state index contributed by atoms with van der Waals surface area (Å²) in [5, 5.41) is 3.07. The van der Waals surface area contributed by atoms with E-state index in [1.165, 1.54) is 38.1 Å². The number of nitrogens with one attached hydrogen (secondary N) is 1. The lowest BCUT2D eigenvalue weighted by atomic mass is 9.78. The van der Waals surface area contributed by atoms with Crippen molar-refractivity contribution in [1.82, 2.24) is 4.90 Å². The molecule has 2 aromatic carbocycles. The Bertz CT molecular complexity index is 808. The van der Waals surface area contributed by atoms with Gasteiger partial charge in [0.25, 0.3) is 0 Å². The molecule has 4 rings (SSSR count). The molecule has 1 saturated heterocycles. The Morgan fingerprint density at radius 2 is 1.62 bits per heavy atom. The van der Waals surface area contributed by atoms with Crippen molar-refractivity contribution < 1.29 is 13.9 Å². The minimum atomic E-state index is -0.571. The molecular formula is C24H29FN2O2. The van der Waals surface area contributed by atoms with Gasteiger partial charge in [0.05, 0.1) is 5.41 Å². The maximum atomic E-state index is 13.3. The van der Waals surface area contributed by atoms with E-state index in [4.69, 9.17) is 4.74 Å². The first-order valence-electron chi connectivity index (χ1n) is 10.7. The average Bonchev–Trinajstić information content (AvgIpc) is 3.43. The van der Waals surface area contributed by atoms with Gasteiger partial charge in [0, 0.05) is 12.2 Å². The molecular weight excluding hydrogens is 367 g/mol. The number of carbonyl (C=O) groups is 1. The SMILES string of the molecule is O=C(Nc1ccc(OCCN2CCCC2)cc1)C1(c2ccc(F)cc2)CCCC1. The molecule has 1 aliphatic carbocycles. The largest absolute Gasteiger partial charge is 0.492 e. The molecule has 0 bridgehead atoms. The zero-order valence-electron chi connectivity index (χ0n) is 16.8. The number of nitrogens with zero attached hydrogens (tertiary/aromatic N) is 1. The average molecular weight is 397 g/mol. The molecule has 29 heavy (non-hydrogen) atoms. The Morgan fingerprint density at radius 1 is 0.966 bits per heavy atom. The Labute approximate surface area is 172 Å². The number of halogens is 1. The van der Waals surface area contributed by atoms with Crippen molar-refractivity contribution in [2.75, 3.05) is 31.6 Å². The summed E-state index contributed by atoms with van der Waals surface area (Å²) in [6.45, 7) is 3.98. The van der Waals surface area contributed by atoms with Gasteiger partial charge in [-0.15, -0.1) is 0 Å². The van der Waals surface area contributed by atoms with Gasteiger partial charge < -0.3 is 10.1 Å². The van der Waals surface area contributed by atoms with Crippen LogP contribution in [0, 0.1) is 5.82 Å². The number of rotatable bonds is 7. The van der Waals surface area contributed by atoms with Crippen molar-refractivity contribution in [3.8, 4) is 5.75 Å². The molecule has 1 N–H and O–H groups in total. The predicted molar refractivity (Wildman–Crippen MR) is 113 cm³/mol. The molecule has 2 aromatic rings. The van der Waals surface area contributed by atoms with Crippen molar-refractivity contribution in [2.45, 2.75) is 43.9 Å². The van der Waals surface area contributed by atoms with E-state index in [0.29, 0.717) is 6.61 Å². The molecule has 2 fully saturated rings. The molecule has 154 valence electrons. The number of amides is 1. The summed E-state index contributed by atoms with van der Waals surface area (Å²) in [7, 11) is 0. The van der Waals surface area contributed by atoms with Gasteiger partial charge in [-0.05, 0) is 80.7 Å². The maximum Gasteiger partial charge on any atom is 0.235 e. The summed E-state index contributed by atoms with van der Waals surface area (Å²) >= 11 is 0. The number of hydrogen-bond acceptors (Lipinski definition) is 3. The highest BCUT2D eigenvalue weighted by atomic mass is 19.1. The van der Waals surface area contributed by atoms with Crippen LogP contribution in [0.5, 0.6) is 5.75 Å². The van der Waals surface area contributed by atoms with Crippen LogP contribution >= 0.6 is 0 Å². The Balaban J connectivity index is 1.37. The second kappa shape index (κ2) is 8.95. The van der Waals surface area contributed by atoms with Crippen molar-refractivity contribution in [1.29, 1.82) is 0 Å². The maximum absolute atomic E-state index is 13.3. The van der Waals surface area contributed by atoms with Crippen molar-refractivity contribution in [3.63, 3.8) is 0 Å². The molecule has 0 spiro atoms. The predicted octanol–water partition coefficient (Wildman–Crippen LogP) is 4.75. The number of anilines is 1. The van der Waals surface area contributed by atoms with Crippen LogP contribution in [0.1, 0.15) is 44.1 Å². The van der Waals surface area contributed by atoms with E-state index in [-0.39, 0.29) is 11.7 Å². The fraction of sp³-hybridized carbons (Fsp3) is 0.458. The molecule has 1 heterocycles. The molecule has 1 amide bonds. The Morgan fingerprint density at radius 3 is 2.28 bits per heavy atom. The van der Waals surface area contributed by atoms with Crippen LogP contribution in [-0.2, 0) is 10.2 Å². The number of carbonyl (C=O) groups excluding carboxylic acids is 1. The fourth-order valence-electron chi connectivity index (χ4n) is 4.58. The van der Waals surface area contributed by atoms with Gasteiger partial charge in [-0.3, -0.25) is 9.69 Å². The Kier molecular flexibility index (Phi) is 6.14. The third kappa shape index (κ3) is 4.61. The first-order valence-corrected chi connectivity index (χ1v) is 10.7. The molecule has 5 heteroatoms. The van der Waals surface area contributed by atoms with Crippen molar-refractivity contribution in [2.24, 2.45) is 0 Å². The van der Waals surface area contributed by atoms with E-state index in [1.54, 1.807) is 12.1 Å². The van der Waals surface area contributed by atoms with Crippen molar-refractivity contribution >= 4 is 11.6 Å². The zero-order chi connectivity index (χ0) is 20.1. The van der Waals surface area contributed by atoms with E-state index < -0.39 is 5.41 Å². The van der Waals surface area contributed by atoms with Gasteiger partial charge in [0.15, 0.2) is 0 Å². The minimum Gasteiger partial charge on any atom is -0.492 e. The third-order valence-electron chi connectivity index (χ3n) is 6.28. The lowest BCUT2D eigenvalue weighted by molar-refractivity contribution is -0.121. The number of likely N-dealkylation sites (tertiary alicyclic amines) is 1. The number of ether oxygens (including phenoxy) is 1. The first-order chi connectivity index (χ1) is 14.2. The summed E-state index contributed by atoms with van der Waals surface area (Å²) in [5.74, 6) is 0.531. The monoisotopic (exact) mass is 396 g/mol. The quantitative estimate of drug-likeness (QED) is 0.734. The minimum absolute atomic E-state index is 0.00990. The molecule has 0 unspecified atom stereocenters. The lowest BCUT2D eigenvalue weighted by Crippen LogP contribution is -2.38. The van der Waals surface area contributed by atoms with Gasteiger partial charge in [-0.1, -0.05) is 25.0 Å². The summed E-state index contributed by atoms with van der Waals surface area (Å²) in [4.78, 5) is 15.6. The highest BCUT2D eigenvalue weighted by Crippen LogP contribution is 2.42. The van der Waals surface area contributed by atoms with E-state index in [0.717, 1.165) is 49.2 Å². The van der Waals surface area contributed by atoms with Gasteiger partial charge in [0.2, 0.25) is 5.91 Å². The summed E-state index contributed by atoms with van der Waals surface area (Å²) in [5.41, 5.74) is 1.09. The van der Waals surface area contributed by atoms with Gasteiger partial charge in [-0.2, -0.15) is 0 Å². The van der Waals surface area contributed by atoms with Crippen LogP contribution in [-0.4, -0.2) is 37.0 Å². The normalized spacial score (nSPS) is 18.7. The van der Waals surface area contributed by atoms with Crippen LogP contribution in [0.3, 0.4) is 0 Å². The van der Waals surface area contributed by atoms with Crippen LogP contribution < -0.4 is 10.1 Å². The zero-order valence-corrected chi connectivity index (χ0v) is 16.8. The fourth-order valence-corrected chi connectivity index (χ4v) is 4.58. The van der Waals surface area contributed by atoms with Crippen LogP contribution in [0.4, 0.5) is 10.1 Å². The van der Waals surface area contributed by atoms with Crippen LogP contribution in [0.25, 0.3) is 0 Å². The molecule has 2 aliphatic rings. The molecule has 1 aliphatic heterocycles. The number of hydrogen-bond donors (Lipinski definition) is 1.